The van der Waals surface area contributed by atoms with Crippen LogP contribution in [0.25, 0.3) is 0 Å². The molecule has 94 valence electrons. The average molecular weight is 333 g/mol. The van der Waals surface area contributed by atoms with Gasteiger partial charge in [0.05, 0.1) is 6.54 Å². The Kier molecular flexibility index (Phi) is 4.94. The zero-order valence-corrected chi connectivity index (χ0v) is 13.3. The summed E-state index contributed by atoms with van der Waals surface area (Å²) in [6.45, 7) is 5.31. The van der Waals surface area contributed by atoms with Gasteiger partial charge in [-0.15, -0.1) is 11.3 Å². The van der Waals surface area contributed by atoms with Crippen molar-refractivity contribution in [2.24, 2.45) is 10.9 Å². The lowest BCUT2D eigenvalue weighted by Crippen LogP contribution is -2.41. The molecule has 0 bridgehead atoms. The van der Waals surface area contributed by atoms with Crippen LogP contribution in [0.2, 0.25) is 0 Å². The van der Waals surface area contributed by atoms with Gasteiger partial charge in [0.1, 0.15) is 0 Å². The first kappa shape index (κ1) is 13.4. The van der Waals surface area contributed by atoms with Gasteiger partial charge < -0.3 is 5.32 Å². The number of nitrogens with zero attached hydrogens (tertiary/aromatic N) is 1. The van der Waals surface area contributed by atoms with Crippen LogP contribution in [0.5, 0.6) is 0 Å². The summed E-state index contributed by atoms with van der Waals surface area (Å²) >= 11 is 7.13. The van der Waals surface area contributed by atoms with Crippen molar-refractivity contribution in [1.29, 1.82) is 0 Å². The molecule has 0 aromatic carbocycles. The summed E-state index contributed by atoms with van der Waals surface area (Å²) in [5.74, 6) is 1.86. The Hall–Kier alpha value is -0.0000000000000000555. The Morgan fingerprint density at radius 2 is 2.41 bits per heavy atom. The van der Waals surface area contributed by atoms with Crippen molar-refractivity contribution >= 4 is 44.2 Å². The molecule has 1 aliphatic rings. The molecule has 1 aromatic rings. The van der Waals surface area contributed by atoms with Crippen LogP contribution in [0.3, 0.4) is 0 Å². The minimum atomic E-state index is 0.585. The topological polar surface area (TPSA) is 24.4 Å². The molecule has 1 fully saturated rings. The molecule has 0 aliphatic carbocycles. The van der Waals surface area contributed by atoms with Gasteiger partial charge in [0.2, 0.25) is 0 Å². The fourth-order valence-corrected chi connectivity index (χ4v) is 4.08. The molecule has 1 aromatic heterocycles. The SMILES string of the molecule is CC(C)C1CCSC(=NCc2sccc2Br)N1. The van der Waals surface area contributed by atoms with Crippen molar-refractivity contribution in [3.8, 4) is 0 Å². The van der Waals surface area contributed by atoms with Crippen LogP contribution >= 0.6 is 39.0 Å². The smallest absolute Gasteiger partial charge is 0.157 e. The molecule has 1 unspecified atom stereocenters. The fourth-order valence-electron chi connectivity index (χ4n) is 1.73. The monoisotopic (exact) mass is 332 g/mol. The van der Waals surface area contributed by atoms with Crippen molar-refractivity contribution < 1.29 is 0 Å². The minimum Gasteiger partial charge on any atom is -0.362 e. The summed E-state index contributed by atoms with van der Waals surface area (Å²) in [5.41, 5.74) is 0. The number of thiophene rings is 1. The number of halogens is 1. The van der Waals surface area contributed by atoms with E-state index in [-0.39, 0.29) is 0 Å². The second-order valence-electron chi connectivity index (χ2n) is 4.45. The highest BCUT2D eigenvalue weighted by Crippen LogP contribution is 2.24. The molecule has 1 saturated heterocycles. The zero-order valence-electron chi connectivity index (χ0n) is 10.1. The van der Waals surface area contributed by atoms with Gasteiger partial charge in [-0.05, 0) is 39.7 Å². The number of aliphatic imine (C=N–C) groups is 1. The maximum atomic E-state index is 4.67. The van der Waals surface area contributed by atoms with E-state index >= 15 is 0 Å². The van der Waals surface area contributed by atoms with E-state index in [9.17, 15) is 0 Å². The summed E-state index contributed by atoms with van der Waals surface area (Å²) in [4.78, 5) is 5.97. The molecule has 0 spiro atoms. The highest BCUT2D eigenvalue weighted by atomic mass is 79.9. The van der Waals surface area contributed by atoms with Gasteiger partial charge in [0.15, 0.2) is 5.17 Å². The number of thioether (sulfide) groups is 1. The second kappa shape index (κ2) is 6.25. The van der Waals surface area contributed by atoms with Crippen molar-refractivity contribution in [3.05, 3.63) is 20.8 Å². The first-order chi connectivity index (χ1) is 8.16. The third-order valence-corrected chi connectivity index (χ3v) is 5.71. The number of nitrogens with one attached hydrogen (secondary N) is 1. The zero-order chi connectivity index (χ0) is 12.3. The highest BCUT2D eigenvalue weighted by molar-refractivity contribution is 9.10. The van der Waals surface area contributed by atoms with Crippen LogP contribution in [0.15, 0.2) is 20.9 Å². The number of hydrogen-bond donors (Lipinski definition) is 1. The Labute approximate surface area is 119 Å². The summed E-state index contributed by atoms with van der Waals surface area (Å²) in [6, 6.07) is 2.67. The van der Waals surface area contributed by atoms with Crippen LogP contribution < -0.4 is 5.32 Å². The second-order valence-corrected chi connectivity index (χ2v) is 7.38. The highest BCUT2D eigenvalue weighted by Gasteiger charge is 2.19. The van der Waals surface area contributed by atoms with E-state index in [1.807, 2.05) is 11.8 Å². The van der Waals surface area contributed by atoms with E-state index in [4.69, 9.17) is 0 Å². The third-order valence-electron chi connectivity index (χ3n) is 2.84. The van der Waals surface area contributed by atoms with E-state index in [0.717, 1.165) is 11.7 Å². The van der Waals surface area contributed by atoms with E-state index in [1.54, 1.807) is 11.3 Å². The largest absolute Gasteiger partial charge is 0.362 e. The third kappa shape index (κ3) is 3.73. The van der Waals surface area contributed by atoms with Crippen LogP contribution in [0.4, 0.5) is 0 Å². The van der Waals surface area contributed by atoms with E-state index < -0.39 is 0 Å². The molecule has 2 nitrogen and oxygen atoms in total. The molecule has 0 radical (unpaired) electrons. The quantitative estimate of drug-likeness (QED) is 0.900. The van der Waals surface area contributed by atoms with Crippen LogP contribution in [-0.2, 0) is 6.54 Å². The van der Waals surface area contributed by atoms with E-state index in [1.165, 1.54) is 21.5 Å². The molecular formula is C12H17BrN2S2. The number of amidine groups is 1. The van der Waals surface area contributed by atoms with Crippen LogP contribution in [-0.4, -0.2) is 17.0 Å². The van der Waals surface area contributed by atoms with Gasteiger partial charge in [-0.2, -0.15) is 0 Å². The van der Waals surface area contributed by atoms with E-state index in [0.29, 0.717) is 12.0 Å². The Bertz CT molecular complexity index is 401. The first-order valence-electron chi connectivity index (χ1n) is 5.82. The molecule has 1 aliphatic heterocycles. The summed E-state index contributed by atoms with van der Waals surface area (Å²) in [6.07, 6.45) is 1.24. The predicted molar refractivity (Wildman–Crippen MR) is 82.0 cm³/mol. The van der Waals surface area contributed by atoms with Gasteiger partial charge in [-0.1, -0.05) is 25.6 Å². The standard InChI is InChI=1S/C12H17BrN2S2/c1-8(2)10-4-6-17-12(15-10)14-7-11-9(13)3-5-16-11/h3,5,8,10H,4,6-7H2,1-2H3,(H,14,15). The summed E-state index contributed by atoms with van der Waals surface area (Å²) < 4.78 is 1.17. The van der Waals surface area contributed by atoms with Gasteiger partial charge in [0.25, 0.3) is 0 Å². The molecule has 0 amide bonds. The molecule has 2 rings (SSSR count). The van der Waals surface area contributed by atoms with Crippen molar-refractivity contribution in [2.75, 3.05) is 5.75 Å². The molecule has 2 heterocycles. The van der Waals surface area contributed by atoms with Gasteiger partial charge in [-0.25, -0.2) is 0 Å². The lowest BCUT2D eigenvalue weighted by Gasteiger charge is -2.28. The minimum absolute atomic E-state index is 0.585. The molecule has 1 N–H and O–H groups in total. The maximum absolute atomic E-state index is 4.67. The summed E-state index contributed by atoms with van der Waals surface area (Å²) in [7, 11) is 0. The van der Waals surface area contributed by atoms with E-state index in [2.05, 4.69) is 51.5 Å². The number of hydrogen-bond acceptors (Lipinski definition) is 3. The van der Waals surface area contributed by atoms with Crippen molar-refractivity contribution in [2.45, 2.75) is 32.9 Å². The molecular weight excluding hydrogens is 316 g/mol. The lowest BCUT2D eigenvalue weighted by molar-refractivity contribution is 0.442. The molecule has 17 heavy (non-hydrogen) atoms. The van der Waals surface area contributed by atoms with Gasteiger partial charge in [0, 0.05) is 21.1 Å². The van der Waals surface area contributed by atoms with Gasteiger partial charge >= 0.3 is 0 Å². The maximum Gasteiger partial charge on any atom is 0.157 e. The lowest BCUT2D eigenvalue weighted by atomic mass is 10.0. The first-order valence-corrected chi connectivity index (χ1v) is 8.48. The fraction of sp³-hybridized carbons (Fsp3) is 0.583. The average Bonchev–Trinajstić information content (AvgIpc) is 2.72. The molecule has 0 saturated carbocycles. The van der Waals surface area contributed by atoms with Crippen LogP contribution in [0.1, 0.15) is 25.1 Å². The molecule has 5 heteroatoms. The normalized spacial score (nSPS) is 23.1. The Morgan fingerprint density at radius 1 is 1.59 bits per heavy atom. The molecule has 1 atom stereocenters. The predicted octanol–water partition coefficient (Wildman–Crippen LogP) is 4.12. The van der Waals surface area contributed by atoms with Crippen molar-refractivity contribution in [3.63, 3.8) is 0 Å². The summed E-state index contributed by atoms with van der Waals surface area (Å²) in [5, 5.41) is 6.74. The Balaban J connectivity index is 1.95. The Morgan fingerprint density at radius 3 is 3.06 bits per heavy atom. The number of rotatable bonds is 3. The van der Waals surface area contributed by atoms with Gasteiger partial charge in [-0.3, -0.25) is 4.99 Å². The van der Waals surface area contributed by atoms with Crippen LogP contribution in [0, 0.1) is 5.92 Å². The van der Waals surface area contributed by atoms with Crippen molar-refractivity contribution in [1.82, 2.24) is 5.32 Å².